The second kappa shape index (κ2) is 12.1. The Balaban J connectivity index is 0. The summed E-state index contributed by atoms with van der Waals surface area (Å²) >= 11 is 0. The molecule has 0 spiro atoms. The molecule has 2 N–H and O–H groups in total. The van der Waals surface area contributed by atoms with E-state index in [2.05, 4.69) is 5.32 Å². The van der Waals surface area contributed by atoms with Crippen LogP contribution in [-0.2, 0) is 10.1 Å². The van der Waals surface area contributed by atoms with Crippen LogP contribution in [0.5, 0.6) is 0 Å². The van der Waals surface area contributed by atoms with Gasteiger partial charge in [0.2, 0.25) is 10.1 Å². The van der Waals surface area contributed by atoms with Gasteiger partial charge in [-0.25, -0.2) is 8.42 Å². The third-order valence-corrected chi connectivity index (χ3v) is 3.93. The molecule has 1 aliphatic carbocycles. The van der Waals surface area contributed by atoms with E-state index in [1.54, 1.807) is 6.42 Å². The van der Waals surface area contributed by atoms with Crippen LogP contribution < -0.4 is 5.32 Å². The van der Waals surface area contributed by atoms with Gasteiger partial charge in [0.05, 0.1) is 0 Å². The molecule has 0 unspecified atom stereocenters. The van der Waals surface area contributed by atoms with Gasteiger partial charge in [0, 0.05) is 12.0 Å². The Kier molecular flexibility index (Phi) is 13.4. The van der Waals surface area contributed by atoms with Crippen molar-refractivity contribution in [1.29, 1.82) is 0 Å². The quantitative estimate of drug-likeness (QED) is 0.213. The molecule has 0 saturated heterocycles. The van der Waals surface area contributed by atoms with E-state index in [9.17, 15) is 34.8 Å². The fourth-order valence-electron chi connectivity index (χ4n) is 1.95. The van der Waals surface area contributed by atoms with Gasteiger partial charge in [-0.15, -0.1) is 6.54 Å². The first-order valence-electron chi connectivity index (χ1n) is 7.20. The molecule has 0 aliphatic heterocycles. The Labute approximate surface area is 167 Å². The van der Waals surface area contributed by atoms with Crippen molar-refractivity contribution < 1.29 is 70.4 Å². The second-order valence-corrected chi connectivity index (χ2v) is 6.91. The summed E-state index contributed by atoms with van der Waals surface area (Å²) in [7, 11) is -3.82. The van der Waals surface area contributed by atoms with E-state index in [1.807, 2.05) is 6.92 Å². The molecule has 0 aromatic rings. The largest absolute Gasteiger partial charge is 2.00 e. The zero-order valence-electron chi connectivity index (χ0n) is 13.3. The van der Waals surface area contributed by atoms with E-state index < -0.39 is 28.4 Å². The summed E-state index contributed by atoms with van der Waals surface area (Å²) in [5, 5.41) is 3.26. The van der Waals surface area contributed by atoms with Gasteiger partial charge in [0.15, 0.2) is 0 Å². The maximum Gasteiger partial charge on any atom is 2.00 e. The molecule has 0 amide bonds. The molecule has 12 heteroatoms. The number of rotatable bonds is 5. The minimum absolute atomic E-state index is 0. The van der Waals surface area contributed by atoms with Crippen LogP contribution in [0.25, 0.3) is 0 Å². The molecule has 1 saturated carbocycles. The summed E-state index contributed by atoms with van der Waals surface area (Å²) in [6.07, 6.45) is -2.83. The molecule has 25 heavy (non-hydrogen) atoms. The van der Waals surface area contributed by atoms with Crippen LogP contribution in [0, 0.1) is 50.4 Å². The van der Waals surface area contributed by atoms with E-state index in [1.165, 1.54) is 32.1 Å². The average molecular weight is 623 g/mol. The summed E-state index contributed by atoms with van der Waals surface area (Å²) in [6.45, 7) is 2.49. The van der Waals surface area contributed by atoms with Crippen molar-refractivity contribution in [3.63, 3.8) is 0 Å². The van der Waals surface area contributed by atoms with Crippen LogP contribution in [0.4, 0.5) is 26.3 Å². The molecule has 1 fully saturated rings. The van der Waals surface area contributed by atoms with Crippen LogP contribution in [0.1, 0.15) is 32.1 Å². The van der Waals surface area contributed by atoms with Crippen molar-refractivity contribution in [3.8, 4) is 0 Å². The molecule has 4 nitrogen and oxygen atoms in total. The smallest absolute Gasteiger partial charge is 0.343 e. The van der Waals surface area contributed by atoms with Gasteiger partial charge >= 0.3 is 43.5 Å². The molecule has 0 atom stereocenters. The fraction of sp³-hybridized carbons (Fsp3) is 0.846. The molecule has 1 aliphatic rings. The summed E-state index contributed by atoms with van der Waals surface area (Å²) in [5.41, 5.74) is 0. The molecule has 0 bridgehead atoms. The van der Waals surface area contributed by atoms with E-state index >= 15 is 0 Å². The summed E-state index contributed by atoms with van der Waals surface area (Å²) in [4.78, 5) is 0. The van der Waals surface area contributed by atoms with Crippen molar-refractivity contribution in [3.05, 3.63) is 13.3 Å². The molecule has 1 rings (SSSR count). The predicted octanol–water partition coefficient (Wildman–Crippen LogP) is 3.56. The molecular weight excluding hydrogens is 602 g/mol. The monoisotopic (exact) mass is 623 g/mol. The van der Waals surface area contributed by atoms with Crippen molar-refractivity contribution in [2.75, 3.05) is 12.3 Å². The SMILES string of the molecule is O=S(=O)(O)C[CH-]CNC1CCCCC1.[CH2-]C(C(F)(F)F)C(F)(F)F.[U+2]. The first-order valence-corrected chi connectivity index (χ1v) is 8.81. The normalized spacial score (nSPS) is 16.8. The van der Waals surface area contributed by atoms with Crippen molar-refractivity contribution in [2.45, 2.75) is 50.5 Å². The molecule has 148 valence electrons. The molecular formula is C13H21F6NO3SU. The van der Waals surface area contributed by atoms with Gasteiger partial charge in [-0.05, 0) is 18.6 Å². The summed E-state index contributed by atoms with van der Waals surface area (Å²) < 4.78 is 96.2. The first kappa shape index (κ1) is 27.7. The van der Waals surface area contributed by atoms with Crippen LogP contribution in [0.3, 0.4) is 0 Å². The van der Waals surface area contributed by atoms with Gasteiger partial charge in [-0.2, -0.15) is 26.3 Å². The molecule has 0 heterocycles. The topological polar surface area (TPSA) is 66.4 Å². The Bertz CT molecular complexity index is 436. The second-order valence-electron chi connectivity index (χ2n) is 5.42. The molecule has 0 aromatic heterocycles. The summed E-state index contributed by atoms with van der Waals surface area (Å²) in [5.74, 6) is -3.74. The van der Waals surface area contributed by atoms with E-state index in [-0.39, 0.29) is 36.9 Å². The van der Waals surface area contributed by atoms with Crippen molar-refractivity contribution in [2.24, 2.45) is 5.92 Å². The first-order chi connectivity index (χ1) is 10.7. The standard InChI is InChI=1S/C9H18NO3S.C4H3F6.U/c11-14(12,13)8-4-7-10-9-5-2-1-3-6-9;1-2(3(5,6)7)4(8,9)10;/h4,9-10H,1-3,5-8H2,(H,11,12,13);2H,1H2;/q2*-1;+2. The molecule has 0 radical (unpaired) electrons. The van der Waals surface area contributed by atoms with Crippen molar-refractivity contribution >= 4 is 10.1 Å². The number of hydrogen-bond acceptors (Lipinski definition) is 3. The van der Waals surface area contributed by atoms with Gasteiger partial charge in [-0.3, -0.25) is 11.0 Å². The number of halogens is 6. The zero-order valence-corrected chi connectivity index (χ0v) is 18.3. The van der Waals surface area contributed by atoms with Gasteiger partial charge in [0.1, 0.15) is 0 Å². The molecule has 0 aromatic carbocycles. The minimum Gasteiger partial charge on any atom is -0.343 e. The van der Waals surface area contributed by atoms with Crippen LogP contribution in [0.2, 0.25) is 0 Å². The third kappa shape index (κ3) is 15.3. The van der Waals surface area contributed by atoms with Crippen LogP contribution >= 0.6 is 0 Å². The van der Waals surface area contributed by atoms with E-state index in [0.29, 0.717) is 12.6 Å². The van der Waals surface area contributed by atoms with Crippen molar-refractivity contribution in [1.82, 2.24) is 5.32 Å². The number of hydrogen-bond donors (Lipinski definition) is 2. The number of nitrogens with one attached hydrogen (secondary N) is 1. The Morgan fingerprint density at radius 1 is 1.08 bits per heavy atom. The van der Waals surface area contributed by atoms with E-state index in [4.69, 9.17) is 4.55 Å². The Morgan fingerprint density at radius 3 is 1.84 bits per heavy atom. The maximum atomic E-state index is 11.2. The zero-order chi connectivity index (χ0) is 19.0. The van der Waals surface area contributed by atoms with Crippen LogP contribution in [-0.4, -0.2) is 43.7 Å². The Hall–Kier alpha value is 0.502. The predicted molar refractivity (Wildman–Crippen MR) is 76.5 cm³/mol. The van der Waals surface area contributed by atoms with Gasteiger partial charge < -0.3 is 12.2 Å². The fourth-order valence-corrected chi connectivity index (χ4v) is 2.37. The minimum atomic E-state index is -5.29. The number of alkyl halides is 6. The van der Waals surface area contributed by atoms with E-state index in [0.717, 1.165) is 0 Å². The van der Waals surface area contributed by atoms with Gasteiger partial charge in [-0.1, -0.05) is 19.3 Å². The maximum absolute atomic E-state index is 11.2. The third-order valence-electron chi connectivity index (χ3n) is 3.27. The summed E-state index contributed by atoms with van der Waals surface area (Å²) in [6, 6.07) is 0.529. The average Bonchev–Trinajstić information content (AvgIpc) is 2.42. The van der Waals surface area contributed by atoms with Gasteiger partial charge in [0.25, 0.3) is 0 Å². The van der Waals surface area contributed by atoms with Crippen LogP contribution in [0.15, 0.2) is 0 Å². The Morgan fingerprint density at radius 2 is 1.52 bits per heavy atom.